The molecule has 0 radical (unpaired) electrons. The summed E-state index contributed by atoms with van der Waals surface area (Å²) in [5, 5.41) is 1.10. The van der Waals surface area contributed by atoms with Crippen LogP contribution in [0.3, 0.4) is 0 Å². The number of nitrogens with two attached hydrogens (primary N) is 1. The van der Waals surface area contributed by atoms with E-state index >= 15 is 0 Å². The zero-order chi connectivity index (χ0) is 14.8. The fourth-order valence-electron chi connectivity index (χ4n) is 3.52. The highest BCUT2D eigenvalue weighted by Gasteiger charge is 2.28. The normalized spacial score (nSPS) is 23.2. The van der Waals surface area contributed by atoms with Crippen molar-refractivity contribution in [2.45, 2.75) is 64.0 Å². The predicted octanol–water partition coefficient (Wildman–Crippen LogP) is 3.34. The van der Waals surface area contributed by atoms with Gasteiger partial charge in [0.15, 0.2) is 0 Å². The van der Waals surface area contributed by atoms with Gasteiger partial charge in [-0.15, -0.1) is 36.2 Å². The fraction of sp³-hybridized carbons (Fsp3) is 0.750. The van der Waals surface area contributed by atoms with Gasteiger partial charge in [0.2, 0.25) is 5.91 Å². The molecule has 23 heavy (non-hydrogen) atoms. The van der Waals surface area contributed by atoms with Gasteiger partial charge in [-0.2, -0.15) is 0 Å². The number of halogens is 2. The highest BCUT2D eigenvalue weighted by atomic mass is 35.5. The van der Waals surface area contributed by atoms with Crippen LogP contribution in [0.1, 0.15) is 54.1 Å². The minimum absolute atomic E-state index is 0. The van der Waals surface area contributed by atoms with Crippen LogP contribution in [0.5, 0.6) is 0 Å². The average Bonchev–Trinajstić information content (AvgIpc) is 2.88. The topological polar surface area (TPSA) is 59.2 Å². The number of nitrogens with zero attached hydrogens (tertiary/aromatic N) is 2. The Bertz CT molecular complexity index is 500. The summed E-state index contributed by atoms with van der Waals surface area (Å²) >= 11 is 1.80. The van der Waals surface area contributed by atoms with Crippen LogP contribution in [0.15, 0.2) is 0 Å². The van der Waals surface area contributed by atoms with Gasteiger partial charge in [0.05, 0.1) is 12.2 Å². The number of rotatable bonds is 3. The summed E-state index contributed by atoms with van der Waals surface area (Å²) in [6.45, 7) is 0.655. The van der Waals surface area contributed by atoms with Crippen molar-refractivity contribution >= 4 is 42.1 Å². The van der Waals surface area contributed by atoms with E-state index in [4.69, 9.17) is 10.7 Å². The first kappa shape index (κ1) is 20.7. The van der Waals surface area contributed by atoms with Crippen molar-refractivity contribution in [3.63, 3.8) is 0 Å². The second-order valence-corrected chi connectivity index (χ2v) is 7.67. The number of carbonyl (C=O) groups is 1. The van der Waals surface area contributed by atoms with Crippen molar-refractivity contribution < 1.29 is 4.79 Å². The van der Waals surface area contributed by atoms with E-state index < -0.39 is 0 Å². The molecule has 1 fully saturated rings. The number of aromatic nitrogens is 1. The van der Waals surface area contributed by atoms with E-state index in [2.05, 4.69) is 0 Å². The quantitative estimate of drug-likeness (QED) is 0.875. The maximum absolute atomic E-state index is 12.5. The Labute approximate surface area is 155 Å². The number of amides is 1. The Morgan fingerprint density at radius 3 is 2.70 bits per heavy atom. The molecule has 0 spiro atoms. The molecule has 0 saturated heterocycles. The molecule has 1 heterocycles. The first-order valence-corrected chi connectivity index (χ1v) is 8.93. The monoisotopic (exact) mass is 379 g/mol. The second-order valence-electron chi connectivity index (χ2n) is 6.50. The van der Waals surface area contributed by atoms with E-state index in [0.29, 0.717) is 6.54 Å². The van der Waals surface area contributed by atoms with Gasteiger partial charge < -0.3 is 10.6 Å². The molecule has 1 aromatic rings. The van der Waals surface area contributed by atoms with Gasteiger partial charge in [-0.3, -0.25) is 4.79 Å². The van der Waals surface area contributed by atoms with Crippen LogP contribution in [0.25, 0.3) is 0 Å². The Hall–Kier alpha value is -0.360. The average molecular weight is 380 g/mol. The summed E-state index contributed by atoms with van der Waals surface area (Å²) in [6, 6.07) is 0.202. The second kappa shape index (κ2) is 9.21. The van der Waals surface area contributed by atoms with Gasteiger partial charge >= 0.3 is 0 Å². The minimum atomic E-state index is 0. The van der Waals surface area contributed by atoms with E-state index in [-0.39, 0.29) is 42.7 Å². The number of fused-ring (bicyclic) bond motifs is 1. The lowest BCUT2D eigenvalue weighted by molar-refractivity contribution is -0.135. The molecule has 3 rings (SSSR count). The molecule has 2 atom stereocenters. The van der Waals surface area contributed by atoms with Crippen LogP contribution < -0.4 is 5.73 Å². The van der Waals surface area contributed by atoms with Gasteiger partial charge in [-0.1, -0.05) is 6.42 Å². The summed E-state index contributed by atoms with van der Waals surface area (Å²) in [5.41, 5.74) is 7.28. The van der Waals surface area contributed by atoms with Gasteiger partial charge in [-0.05, 0) is 44.9 Å². The predicted molar refractivity (Wildman–Crippen MR) is 99.7 cm³/mol. The molecular formula is C16H27Cl2N3OS. The molecule has 2 aliphatic carbocycles. The highest BCUT2D eigenvalue weighted by molar-refractivity contribution is 7.11. The van der Waals surface area contributed by atoms with Crippen molar-refractivity contribution in [3.05, 3.63) is 15.6 Å². The largest absolute Gasteiger partial charge is 0.339 e. The van der Waals surface area contributed by atoms with Crippen LogP contribution in [0.2, 0.25) is 0 Å². The van der Waals surface area contributed by atoms with Crippen molar-refractivity contribution in [2.75, 3.05) is 7.05 Å². The lowest BCUT2D eigenvalue weighted by atomic mass is 9.85. The molecule has 2 N–H and O–H groups in total. The Balaban J connectivity index is 0.00000132. The number of aryl methyl sites for hydroxylation is 2. The first-order valence-electron chi connectivity index (χ1n) is 8.11. The summed E-state index contributed by atoms with van der Waals surface area (Å²) in [4.78, 5) is 20.6. The molecule has 2 aliphatic rings. The van der Waals surface area contributed by atoms with Gasteiger partial charge in [0, 0.05) is 23.9 Å². The van der Waals surface area contributed by atoms with Crippen molar-refractivity contribution in [1.82, 2.24) is 9.88 Å². The van der Waals surface area contributed by atoms with Crippen LogP contribution in [-0.4, -0.2) is 28.9 Å². The molecule has 1 aromatic heterocycles. The number of hydrogen-bond acceptors (Lipinski definition) is 4. The third-order valence-corrected chi connectivity index (χ3v) is 5.84. The maximum Gasteiger partial charge on any atom is 0.225 e. The van der Waals surface area contributed by atoms with E-state index in [0.717, 1.165) is 37.1 Å². The van der Waals surface area contributed by atoms with Crippen LogP contribution in [0.4, 0.5) is 0 Å². The van der Waals surface area contributed by atoms with Crippen LogP contribution in [0, 0.1) is 5.92 Å². The molecule has 0 aliphatic heterocycles. The molecule has 2 unspecified atom stereocenters. The summed E-state index contributed by atoms with van der Waals surface area (Å²) in [6.07, 6.45) is 8.80. The third kappa shape index (κ3) is 5.05. The first-order chi connectivity index (χ1) is 10.1. The van der Waals surface area contributed by atoms with Crippen LogP contribution in [-0.2, 0) is 24.2 Å². The van der Waals surface area contributed by atoms with Crippen molar-refractivity contribution in [2.24, 2.45) is 11.7 Å². The van der Waals surface area contributed by atoms with E-state index in [9.17, 15) is 4.79 Å². The molecular weight excluding hydrogens is 353 g/mol. The smallest absolute Gasteiger partial charge is 0.225 e. The summed E-state index contributed by atoms with van der Waals surface area (Å²) < 4.78 is 0. The highest BCUT2D eigenvalue weighted by Crippen LogP contribution is 2.28. The SMILES string of the molecule is CN(Cc1nc2c(s1)CCCC2)C(=O)C1CCCC(N)C1.Cl.Cl. The molecule has 132 valence electrons. The molecule has 0 aromatic carbocycles. The molecule has 1 amide bonds. The summed E-state index contributed by atoms with van der Waals surface area (Å²) in [5.74, 6) is 0.367. The molecule has 0 bridgehead atoms. The molecule has 1 saturated carbocycles. The maximum atomic E-state index is 12.5. The van der Waals surface area contributed by atoms with Crippen molar-refractivity contribution in [1.29, 1.82) is 0 Å². The number of hydrogen-bond donors (Lipinski definition) is 1. The Morgan fingerprint density at radius 2 is 2.00 bits per heavy atom. The lowest BCUT2D eigenvalue weighted by Crippen LogP contribution is -2.38. The zero-order valence-electron chi connectivity index (χ0n) is 13.6. The lowest BCUT2D eigenvalue weighted by Gasteiger charge is -2.29. The number of carbonyl (C=O) groups excluding carboxylic acids is 1. The van der Waals surface area contributed by atoms with Gasteiger partial charge in [-0.25, -0.2) is 4.98 Å². The standard InChI is InChI=1S/C16H25N3OS.2ClH/c1-19(16(20)11-5-4-6-12(17)9-11)10-15-18-13-7-2-3-8-14(13)21-15;;/h11-12H,2-10,17H2,1H3;2*1H. The Kier molecular flexibility index (Phi) is 8.28. The van der Waals surface area contributed by atoms with Gasteiger partial charge in [0.25, 0.3) is 0 Å². The van der Waals surface area contributed by atoms with E-state index in [1.165, 1.54) is 29.8 Å². The summed E-state index contributed by atoms with van der Waals surface area (Å²) in [7, 11) is 1.91. The van der Waals surface area contributed by atoms with E-state index in [1.54, 1.807) is 11.3 Å². The Morgan fingerprint density at radius 1 is 1.26 bits per heavy atom. The van der Waals surface area contributed by atoms with Crippen molar-refractivity contribution in [3.8, 4) is 0 Å². The fourth-order valence-corrected chi connectivity index (χ4v) is 4.73. The third-order valence-electron chi connectivity index (χ3n) is 4.70. The minimum Gasteiger partial charge on any atom is -0.339 e. The van der Waals surface area contributed by atoms with E-state index in [1.807, 2.05) is 11.9 Å². The molecule has 4 nitrogen and oxygen atoms in total. The zero-order valence-corrected chi connectivity index (χ0v) is 16.1. The number of thiazole rings is 1. The van der Waals surface area contributed by atoms with Gasteiger partial charge in [0.1, 0.15) is 5.01 Å². The molecule has 7 heteroatoms. The van der Waals surface area contributed by atoms with Crippen LogP contribution >= 0.6 is 36.2 Å².